The average molecular weight is 327 g/mol. The molecule has 0 bridgehead atoms. The van der Waals surface area contributed by atoms with Crippen LogP contribution in [0.25, 0.3) is 16.8 Å². The maximum Gasteiger partial charge on any atom is 0.135 e. The molecular weight excluding hydrogens is 306 g/mol. The maximum absolute atomic E-state index is 10.4. The molecule has 0 radical (unpaired) electrons. The smallest absolute Gasteiger partial charge is 0.135 e. The second-order valence-corrected chi connectivity index (χ2v) is 7.92. The fourth-order valence-electron chi connectivity index (χ4n) is 2.74. The molecule has 2 heterocycles. The summed E-state index contributed by atoms with van der Waals surface area (Å²) in [5.41, 5.74) is 2.34. The Morgan fingerprint density at radius 2 is 1.87 bits per heavy atom. The largest absolute Gasteiger partial charge is 0.510 e. The number of thiazole rings is 1. The van der Waals surface area contributed by atoms with Crippen molar-refractivity contribution in [3.8, 4) is 11.3 Å². The third kappa shape index (κ3) is 2.77. The Labute approximate surface area is 140 Å². The highest BCUT2D eigenvalue weighted by atomic mass is 32.1. The Morgan fingerprint density at radius 1 is 1.22 bits per heavy atom. The lowest BCUT2D eigenvalue weighted by Crippen LogP contribution is -2.43. The summed E-state index contributed by atoms with van der Waals surface area (Å²) in [4.78, 5) is 7.70. The van der Waals surface area contributed by atoms with Crippen LogP contribution in [-0.2, 0) is 0 Å². The lowest BCUT2D eigenvalue weighted by molar-refractivity contribution is 0.235. The molecule has 2 N–H and O–H groups in total. The summed E-state index contributed by atoms with van der Waals surface area (Å²) >= 11 is 1.53. The Kier molecular flexibility index (Phi) is 3.76. The Bertz CT molecular complexity index is 784. The van der Waals surface area contributed by atoms with E-state index < -0.39 is 0 Å². The van der Waals surface area contributed by atoms with Gasteiger partial charge in [0.1, 0.15) is 16.6 Å². The van der Waals surface area contributed by atoms with Gasteiger partial charge in [0, 0.05) is 16.0 Å². The summed E-state index contributed by atoms with van der Waals surface area (Å²) in [7, 11) is 0. The minimum absolute atomic E-state index is 0.207. The number of benzene rings is 1. The molecule has 0 unspecified atom stereocenters. The topological polar surface area (TPSA) is 60.2 Å². The van der Waals surface area contributed by atoms with E-state index in [9.17, 15) is 5.11 Å². The minimum atomic E-state index is -0.207. The number of amidine groups is 1. The maximum atomic E-state index is 10.4. The van der Waals surface area contributed by atoms with Crippen LogP contribution in [0.15, 0.2) is 36.1 Å². The molecule has 1 aliphatic rings. The Hall–Kier alpha value is -2.14. The number of aliphatic hydroxyl groups excluding tert-OH is 1. The van der Waals surface area contributed by atoms with Gasteiger partial charge in [0.15, 0.2) is 0 Å². The van der Waals surface area contributed by atoms with Gasteiger partial charge < -0.3 is 10.0 Å². The van der Waals surface area contributed by atoms with Crippen LogP contribution < -0.4 is 0 Å². The van der Waals surface area contributed by atoms with Crippen molar-refractivity contribution in [2.24, 2.45) is 0 Å². The quantitative estimate of drug-likeness (QED) is 0.855. The molecule has 2 aromatic rings. The molecule has 0 saturated heterocycles. The number of rotatable bonds is 2. The molecule has 23 heavy (non-hydrogen) atoms. The predicted molar refractivity (Wildman–Crippen MR) is 96.0 cm³/mol. The lowest BCUT2D eigenvalue weighted by Gasteiger charge is -2.33. The molecule has 5 heteroatoms. The van der Waals surface area contributed by atoms with Gasteiger partial charge in [-0.3, -0.25) is 5.41 Å². The van der Waals surface area contributed by atoms with Crippen molar-refractivity contribution in [1.82, 2.24) is 9.88 Å². The van der Waals surface area contributed by atoms with Crippen LogP contribution in [0.4, 0.5) is 0 Å². The second-order valence-electron chi connectivity index (χ2n) is 6.72. The van der Waals surface area contributed by atoms with Crippen LogP contribution >= 0.6 is 11.3 Å². The molecule has 0 fully saturated rings. The van der Waals surface area contributed by atoms with Gasteiger partial charge in [0.25, 0.3) is 0 Å². The van der Waals surface area contributed by atoms with Crippen LogP contribution in [0.5, 0.6) is 0 Å². The van der Waals surface area contributed by atoms with Crippen LogP contribution in [0.1, 0.15) is 30.7 Å². The van der Waals surface area contributed by atoms with Gasteiger partial charge in [-0.15, -0.1) is 11.3 Å². The number of hydrogen-bond donors (Lipinski definition) is 2. The van der Waals surface area contributed by atoms with Crippen molar-refractivity contribution >= 4 is 22.7 Å². The molecule has 0 saturated carbocycles. The molecule has 1 aromatic carbocycles. The third-order valence-corrected chi connectivity index (χ3v) is 4.96. The van der Waals surface area contributed by atoms with E-state index >= 15 is 0 Å². The van der Waals surface area contributed by atoms with E-state index in [2.05, 4.69) is 0 Å². The fourth-order valence-corrected chi connectivity index (χ4v) is 3.75. The normalized spacial score (nSPS) is 15.7. The van der Waals surface area contributed by atoms with Crippen LogP contribution in [-0.4, -0.2) is 32.9 Å². The zero-order valence-corrected chi connectivity index (χ0v) is 14.7. The average Bonchev–Trinajstić information content (AvgIpc) is 2.99. The van der Waals surface area contributed by atoms with E-state index in [-0.39, 0.29) is 11.3 Å². The predicted octanol–water partition coefficient (Wildman–Crippen LogP) is 4.48. The molecule has 120 valence electrons. The molecule has 0 spiro atoms. The van der Waals surface area contributed by atoms with Crippen molar-refractivity contribution < 1.29 is 5.11 Å². The molecule has 3 rings (SSSR count). The Balaban J connectivity index is 2.01. The van der Waals surface area contributed by atoms with Gasteiger partial charge in [-0.2, -0.15) is 0 Å². The van der Waals surface area contributed by atoms with Crippen LogP contribution in [0.3, 0.4) is 0 Å². The zero-order chi connectivity index (χ0) is 16.8. The van der Waals surface area contributed by atoms with E-state index in [1.54, 1.807) is 0 Å². The highest BCUT2D eigenvalue weighted by Gasteiger charge is 2.36. The third-order valence-electron chi connectivity index (χ3n) is 3.97. The van der Waals surface area contributed by atoms with Crippen LogP contribution in [0, 0.1) is 12.3 Å². The van der Waals surface area contributed by atoms with E-state index in [0.717, 1.165) is 21.1 Å². The monoisotopic (exact) mass is 327 g/mol. The van der Waals surface area contributed by atoms with E-state index in [1.165, 1.54) is 11.3 Å². The first-order valence-electron chi connectivity index (χ1n) is 7.61. The van der Waals surface area contributed by atoms with Gasteiger partial charge in [0.2, 0.25) is 0 Å². The summed E-state index contributed by atoms with van der Waals surface area (Å²) in [6, 6.07) is 10.0. The molecule has 1 aliphatic heterocycles. The zero-order valence-electron chi connectivity index (χ0n) is 13.8. The van der Waals surface area contributed by atoms with Crippen molar-refractivity contribution in [2.45, 2.75) is 33.2 Å². The van der Waals surface area contributed by atoms with Gasteiger partial charge in [-0.05, 0) is 27.7 Å². The molecule has 4 nitrogen and oxygen atoms in total. The van der Waals surface area contributed by atoms with Crippen molar-refractivity contribution in [3.05, 3.63) is 46.0 Å². The van der Waals surface area contributed by atoms with Crippen molar-refractivity contribution in [1.29, 1.82) is 5.41 Å². The van der Waals surface area contributed by atoms with E-state index in [1.807, 2.05) is 62.9 Å². The van der Waals surface area contributed by atoms with Gasteiger partial charge in [-0.25, -0.2) is 4.98 Å². The summed E-state index contributed by atoms with van der Waals surface area (Å²) < 4.78 is 0. The van der Waals surface area contributed by atoms with Crippen LogP contribution in [0.2, 0.25) is 0 Å². The van der Waals surface area contributed by atoms with Gasteiger partial charge in [0.05, 0.1) is 17.8 Å². The summed E-state index contributed by atoms with van der Waals surface area (Å²) in [6.07, 6.45) is 0. The number of aliphatic hydroxyl groups is 1. The molecular formula is C18H21N3OS. The Morgan fingerprint density at radius 3 is 2.43 bits per heavy atom. The standard InChI is InChI=1S/C18H21N3OS/c1-11-15(12-8-6-5-7-9-12)20-17(23-11)14-13(22)10-21(16(14)19)18(2,3)4/h5-9,19,22H,10H2,1-4H3. The summed E-state index contributed by atoms with van der Waals surface area (Å²) in [5.74, 6) is 0.585. The number of aryl methyl sites for hydroxylation is 1. The van der Waals surface area contributed by atoms with E-state index in [0.29, 0.717) is 18.0 Å². The lowest BCUT2D eigenvalue weighted by atomic mass is 10.1. The second kappa shape index (κ2) is 5.49. The minimum Gasteiger partial charge on any atom is -0.510 e. The summed E-state index contributed by atoms with van der Waals surface area (Å²) in [6.45, 7) is 8.53. The van der Waals surface area contributed by atoms with Crippen molar-refractivity contribution in [2.75, 3.05) is 6.54 Å². The number of nitrogens with one attached hydrogen (secondary N) is 1. The highest BCUT2D eigenvalue weighted by Crippen LogP contribution is 2.36. The summed E-state index contributed by atoms with van der Waals surface area (Å²) in [5, 5.41) is 19.5. The van der Waals surface area contributed by atoms with Gasteiger partial charge >= 0.3 is 0 Å². The fraction of sp³-hybridized carbons (Fsp3) is 0.333. The molecule has 1 aromatic heterocycles. The van der Waals surface area contributed by atoms with Gasteiger partial charge in [-0.1, -0.05) is 30.3 Å². The first-order valence-corrected chi connectivity index (χ1v) is 8.42. The number of nitrogens with zero attached hydrogens (tertiary/aromatic N) is 2. The number of hydrogen-bond acceptors (Lipinski definition) is 4. The molecule has 0 amide bonds. The molecule has 0 atom stereocenters. The van der Waals surface area contributed by atoms with E-state index in [4.69, 9.17) is 10.4 Å². The SMILES string of the molecule is Cc1sc(C2=C(O)CN(C(C)(C)C)C2=N)nc1-c1ccccc1. The number of aromatic nitrogens is 1. The molecule has 0 aliphatic carbocycles. The highest BCUT2D eigenvalue weighted by molar-refractivity contribution is 7.13. The first kappa shape index (κ1) is 15.7. The first-order chi connectivity index (χ1) is 10.8. The van der Waals surface area contributed by atoms with Crippen molar-refractivity contribution in [3.63, 3.8) is 0 Å².